The Morgan fingerprint density at radius 3 is 3.00 bits per heavy atom. The molecular weight excluding hydrogens is 214 g/mol. The molecule has 1 unspecified atom stereocenters. The first-order valence-electron chi connectivity index (χ1n) is 4.16. The molecule has 63 valence electrons. The van der Waals surface area contributed by atoms with Crippen LogP contribution >= 0.6 is 15.9 Å². The van der Waals surface area contributed by atoms with E-state index in [1.165, 1.54) is 10.0 Å². The topological polar surface area (TPSA) is 12.0 Å². The average Bonchev–Trinajstić information content (AvgIpc) is 2.56. The largest absolute Gasteiger partial charge is 0.316 e. The summed E-state index contributed by atoms with van der Waals surface area (Å²) in [6, 6.07) is 8.52. The lowest BCUT2D eigenvalue weighted by molar-refractivity contribution is 0.798. The maximum absolute atomic E-state index is 3.47. The standard InChI is InChI=1S/C10H11BrN/c11-10-3-1-2-8(6-10)9-4-5-12-7-9/h1-4,6,9,12H,5,7H2. The molecule has 1 fully saturated rings. The molecule has 0 aliphatic carbocycles. The number of nitrogens with one attached hydrogen (secondary N) is 1. The molecule has 1 atom stereocenters. The van der Waals surface area contributed by atoms with E-state index in [2.05, 4.69) is 51.9 Å². The zero-order valence-electron chi connectivity index (χ0n) is 6.76. The van der Waals surface area contributed by atoms with Crippen LogP contribution in [0, 0.1) is 6.42 Å². The Morgan fingerprint density at radius 1 is 1.42 bits per heavy atom. The van der Waals surface area contributed by atoms with Crippen LogP contribution in [0.25, 0.3) is 0 Å². The van der Waals surface area contributed by atoms with Crippen molar-refractivity contribution in [2.45, 2.75) is 5.92 Å². The SMILES string of the molecule is Brc1cccc(C2[CH]CNC2)c1. The van der Waals surface area contributed by atoms with Crippen LogP contribution in [0.5, 0.6) is 0 Å². The minimum atomic E-state index is 0.600. The van der Waals surface area contributed by atoms with Crippen LogP contribution in [0.2, 0.25) is 0 Å². The number of rotatable bonds is 1. The van der Waals surface area contributed by atoms with Gasteiger partial charge in [-0.2, -0.15) is 0 Å². The fourth-order valence-electron chi connectivity index (χ4n) is 1.54. The fraction of sp³-hybridized carbons (Fsp3) is 0.300. The molecule has 12 heavy (non-hydrogen) atoms. The van der Waals surface area contributed by atoms with Gasteiger partial charge in [-0.05, 0) is 30.7 Å². The number of hydrogen-bond donors (Lipinski definition) is 1. The van der Waals surface area contributed by atoms with Crippen LogP contribution in [0.4, 0.5) is 0 Å². The van der Waals surface area contributed by atoms with Gasteiger partial charge in [-0.1, -0.05) is 28.1 Å². The van der Waals surface area contributed by atoms with Crippen molar-refractivity contribution in [2.75, 3.05) is 13.1 Å². The van der Waals surface area contributed by atoms with Crippen LogP contribution in [0.3, 0.4) is 0 Å². The summed E-state index contributed by atoms with van der Waals surface area (Å²) in [5.74, 6) is 0.600. The van der Waals surface area contributed by atoms with E-state index in [1.54, 1.807) is 0 Å². The molecule has 1 aromatic rings. The maximum Gasteiger partial charge on any atom is 0.0178 e. The van der Waals surface area contributed by atoms with Crippen LogP contribution in [-0.2, 0) is 0 Å². The van der Waals surface area contributed by atoms with Gasteiger partial charge in [0.1, 0.15) is 0 Å². The summed E-state index contributed by atoms with van der Waals surface area (Å²) in [5.41, 5.74) is 1.40. The molecule has 1 saturated heterocycles. The first-order chi connectivity index (χ1) is 5.86. The van der Waals surface area contributed by atoms with E-state index in [-0.39, 0.29) is 0 Å². The van der Waals surface area contributed by atoms with Crippen molar-refractivity contribution in [3.8, 4) is 0 Å². The Labute approximate surface area is 81.3 Å². The van der Waals surface area contributed by atoms with Gasteiger partial charge in [0.2, 0.25) is 0 Å². The third-order valence-corrected chi connectivity index (χ3v) is 2.68. The van der Waals surface area contributed by atoms with E-state index in [4.69, 9.17) is 0 Å². The van der Waals surface area contributed by atoms with Gasteiger partial charge in [0.25, 0.3) is 0 Å². The lowest BCUT2D eigenvalue weighted by Gasteiger charge is -2.07. The number of hydrogen-bond acceptors (Lipinski definition) is 1. The zero-order chi connectivity index (χ0) is 8.39. The molecule has 0 aromatic heterocycles. The van der Waals surface area contributed by atoms with Crippen LogP contribution < -0.4 is 5.32 Å². The zero-order valence-corrected chi connectivity index (χ0v) is 8.34. The normalized spacial score (nSPS) is 22.9. The van der Waals surface area contributed by atoms with Gasteiger partial charge in [-0.25, -0.2) is 0 Å². The summed E-state index contributed by atoms with van der Waals surface area (Å²) in [5, 5.41) is 3.32. The van der Waals surface area contributed by atoms with Gasteiger partial charge < -0.3 is 5.32 Å². The second-order valence-corrected chi connectivity index (χ2v) is 3.97. The highest BCUT2D eigenvalue weighted by Crippen LogP contribution is 2.23. The molecule has 0 bridgehead atoms. The third-order valence-electron chi connectivity index (χ3n) is 2.19. The molecule has 1 aliphatic rings. The first-order valence-corrected chi connectivity index (χ1v) is 4.95. The minimum absolute atomic E-state index is 0.600. The van der Waals surface area contributed by atoms with E-state index in [0.717, 1.165) is 13.1 Å². The van der Waals surface area contributed by atoms with Gasteiger partial charge in [0.15, 0.2) is 0 Å². The predicted molar refractivity (Wildman–Crippen MR) is 54.1 cm³/mol. The molecule has 1 radical (unpaired) electrons. The van der Waals surface area contributed by atoms with E-state index in [9.17, 15) is 0 Å². The van der Waals surface area contributed by atoms with Gasteiger partial charge in [-0.15, -0.1) is 0 Å². The van der Waals surface area contributed by atoms with Gasteiger partial charge in [-0.3, -0.25) is 0 Å². The lowest BCUT2D eigenvalue weighted by Crippen LogP contribution is -2.07. The summed E-state index contributed by atoms with van der Waals surface area (Å²) in [6.07, 6.45) is 2.32. The Hall–Kier alpha value is -0.340. The molecule has 1 aliphatic heterocycles. The monoisotopic (exact) mass is 224 g/mol. The van der Waals surface area contributed by atoms with Crippen molar-refractivity contribution in [1.29, 1.82) is 0 Å². The van der Waals surface area contributed by atoms with Gasteiger partial charge in [0.05, 0.1) is 0 Å². The molecule has 1 nitrogen and oxygen atoms in total. The molecule has 1 aromatic carbocycles. The quantitative estimate of drug-likeness (QED) is 0.773. The highest BCUT2D eigenvalue weighted by Gasteiger charge is 2.16. The highest BCUT2D eigenvalue weighted by atomic mass is 79.9. The van der Waals surface area contributed by atoms with E-state index < -0.39 is 0 Å². The summed E-state index contributed by atoms with van der Waals surface area (Å²) in [6.45, 7) is 2.12. The highest BCUT2D eigenvalue weighted by molar-refractivity contribution is 9.10. The third kappa shape index (κ3) is 1.70. The van der Waals surface area contributed by atoms with Crippen molar-refractivity contribution < 1.29 is 0 Å². The van der Waals surface area contributed by atoms with Crippen LogP contribution in [-0.4, -0.2) is 13.1 Å². The molecule has 2 heteroatoms. The molecular formula is C10H11BrN. The summed E-state index contributed by atoms with van der Waals surface area (Å²) >= 11 is 3.47. The Bertz CT molecular complexity index is 266. The lowest BCUT2D eigenvalue weighted by atomic mass is 9.99. The molecule has 2 rings (SSSR count). The van der Waals surface area contributed by atoms with E-state index >= 15 is 0 Å². The Balaban J connectivity index is 2.21. The Kier molecular flexibility index (Phi) is 2.47. The number of benzene rings is 1. The van der Waals surface area contributed by atoms with Crippen molar-refractivity contribution in [2.24, 2.45) is 0 Å². The molecule has 0 spiro atoms. The molecule has 1 N–H and O–H groups in total. The van der Waals surface area contributed by atoms with E-state index in [0.29, 0.717) is 5.92 Å². The molecule has 1 heterocycles. The summed E-state index contributed by atoms with van der Waals surface area (Å²) < 4.78 is 1.17. The molecule has 0 saturated carbocycles. The summed E-state index contributed by atoms with van der Waals surface area (Å²) in [4.78, 5) is 0. The maximum atomic E-state index is 3.47. The van der Waals surface area contributed by atoms with Crippen LogP contribution in [0.15, 0.2) is 28.7 Å². The predicted octanol–water partition coefficient (Wildman–Crippen LogP) is 2.34. The minimum Gasteiger partial charge on any atom is -0.316 e. The van der Waals surface area contributed by atoms with Crippen molar-refractivity contribution in [3.05, 3.63) is 40.7 Å². The Morgan fingerprint density at radius 2 is 2.33 bits per heavy atom. The second-order valence-electron chi connectivity index (χ2n) is 3.06. The first kappa shape index (κ1) is 8.27. The number of halogens is 1. The van der Waals surface area contributed by atoms with Gasteiger partial charge >= 0.3 is 0 Å². The smallest absolute Gasteiger partial charge is 0.0178 e. The average molecular weight is 225 g/mol. The summed E-state index contributed by atoms with van der Waals surface area (Å²) in [7, 11) is 0. The van der Waals surface area contributed by atoms with Crippen molar-refractivity contribution >= 4 is 15.9 Å². The molecule has 0 amide bonds. The van der Waals surface area contributed by atoms with Gasteiger partial charge in [0, 0.05) is 16.9 Å². The van der Waals surface area contributed by atoms with Crippen LogP contribution in [0.1, 0.15) is 11.5 Å². The van der Waals surface area contributed by atoms with Crippen molar-refractivity contribution in [3.63, 3.8) is 0 Å². The fourth-order valence-corrected chi connectivity index (χ4v) is 1.96. The van der Waals surface area contributed by atoms with E-state index in [1.807, 2.05) is 0 Å². The van der Waals surface area contributed by atoms with Crippen molar-refractivity contribution in [1.82, 2.24) is 5.32 Å². The second kappa shape index (κ2) is 3.58.